The van der Waals surface area contributed by atoms with Crippen LogP contribution in [0.4, 0.5) is 0 Å². The van der Waals surface area contributed by atoms with Crippen molar-refractivity contribution in [1.82, 2.24) is 4.72 Å². The molecule has 2 unspecified atom stereocenters. The van der Waals surface area contributed by atoms with Crippen LogP contribution in [0, 0.1) is 5.92 Å². The van der Waals surface area contributed by atoms with Crippen molar-refractivity contribution < 1.29 is 13.5 Å². The molecule has 1 aromatic rings. The Morgan fingerprint density at radius 2 is 1.86 bits per heavy atom. The standard InChI is InChI=1S/C16H23NO3S/c18-15-10-13-8-4-5-9-14(13)16(15)17-21(19,20)11-12-6-2-1-3-7-12/h4-5,8-9,12,15-18H,1-3,6-7,10-11H2. The van der Waals surface area contributed by atoms with E-state index in [-0.39, 0.29) is 11.7 Å². The second kappa shape index (κ2) is 6.07. The number of aliphatic hydroxyl groups excluding tert-OH is 1. The molecule has 21 heavy (non-hydrogen) atoms. The fourth-order valence-electron chi connectivity index (χ4n) is 3.62. The summed E-state index contributed by atoms with van der Waals surface area (Å²) in [5.74, 6) is 0.461. The van der Waals surface area contributed by atoms with Crippen molar-refractivity contribution in [2.45, 2.75) is 50.7 Å². The lowest BCUT2D eigenvalue weighted by Gasteiger charge is -2.23. The maximum absolute atomic E-state index is 12.4. The number of sulfonamides is 1. The molecular weight excluding hydrogens is 286 g/mol. The average Bonchev–Trinajstić information content (AvgIpc) is 2.75. The Balaban J connectivity index is 1.70. The maximum atomic E-state index is 12.4. The van der Waals surface area contributed by atoms with Crippen LogP contribution in [0.25, 0.3) is 0 Å². The second-order valence-corrected chi connectivity index (χ2v) is 8.15. The highest BCUT2D eigenvalue weighted by Crippen LogP contribution is 2.32. The van der Waals surface area contributed by atoms with Gasteiger partial charge in [0, 0.05) is 6.42 Å². The summed E-state index contributed by atoms with van der Waals surface area (Å²) in [7, 11) is -3.35. The molecule has 3 rings (SSSR count). The lowest BCUT2D eigenvalue weighted by atomic mass is 9.91. The molecule has 2 aliphatic rings. The third kappa shape index (κ3) is 3.47. The van der Waals surface area contributed by atoms with Gasteiger partial charge in [0.05, 0.1) is 17.9 Å². The largest absolute Gasteiger partial charge is 0.391 e. The van der Waals surface area contributed by atoms with Gasteiger partial charge in [0.15, 0.2) is 0 Å². The van der Waals surface area contributed by atoms with E-state index >= 15 is 0 Å². The summed E-state index contributed by atoms with van der Waals surface area (Å²) in [5, 5.41) is 10.2. The number of aliphatic hydroxyl groups is 1. The fourth-order valence-corrected chi connectivity index (χ4v) is 5.34. The first kappa shape index (κ1) is 15.0. The van der Waals surface area contributed by atoms with Gasteiger partial charge in [-0.2, -0.15) is 0 Å². The van der Waals surface area contributed by atoms with Crippen molar-refractivity contribution in [3.63, 3.8) is 0 Å². The highest BCUT2D eigenvalue weighted by Gasteiger charge is 2.34. The zero-order valence-corrected chi connectivity index (χ0v) is 13.0. The molecule has 2 atom stereocenters. The number of fused-ring (bicyclic) bond motifs is 1. The molecule has 0 aromatic heterocycles. The second-order valence-electron chi connectivity index (χ2n) is 6.35. The molecule has 0 aliphatic heterocycles. The van der Waals surface area contributed by atoms with Gasteiger partial charge in [-0.15, -0.1) is 0 Å². The lowest BCUT2D eigenvalue weighted by Crippen LogP contribution is -2.37. The monoisotopic (exact) mass is 309 g/mol. The van der Waals surface area contributed by atoms with E-state index in [0.717, 1.165) is 36.8 Å². The van der Waals surface area contributed by atoms with Gasteiger partial charge < -0.3 is 5.11 Å². The van der Waals surface area contributed by atoms with E-state index in [0.29, 0.717) is 6.42 Å². The Morgan fingerprint density at radius 3 is 2.62 bits per heavy atom. The summed E-state index contributed by atoms with van der Waals surface area (Å²) >= 11 is 0. The van der Waals surface area contributed by atoms with Gasteiger partial charge >= 0.3 is 0 Å². The topological polar surface area (TPSA) is 66.4 Å². The molecule has 0 bridgehead atoms. The smallest absolute Gasteiger partial charge is 0.212 e. The Bertz CT molecular complexity index is 593. The molecule has 0 radical (unpaired) electrons. The molecule has 4 nitrogen and oxygen atoms in total. The molecule has 1 saturated carbocycles. The Kier molecular flexibility index (Phi) is 4.33. The van der Waals surface area contributed by atoms with E-state index in [4.69, 9.17) is 0 Å². The SMILES string of the molecule is O=S(=O)(CC1CCCCC1)NC1c2ccccc2CC1O. The minimum atomic E-state index is -3.35. The highest BCUT2D eigenvalue weighted by atomic mass is 32.2. The molecule has 116 valence electrons. The maximum Gasteiger partial charge on any atom is 0.212 e. The summed E-state index contributed by atoms with van der Waals surface area (Å²) in [6.45, 7) is 0. The van der Waals surface area contributed by atoms with Crippen molar-refractivity contribution in [2.24, 2.45) is 5.92 Å². The number of hydrogen-bond acceptors (Lipinski definition) is 3. The first-order chi connectivity index (χ1) is 10.1. The predicted octanol–water partition coefficient (Wildman–Crippen LogP) is 2.14. The molecular formula is C16H23NO3S. The van der Waals surface area contributed by atoms with Gasteiger partial charge in [0.1, 0.15) is 0 Å². The lowest BCUT2D eigenvalue weighted by molar-refractivity contribution is 0.151. The summed E-state index contributed by atoms with van der Waals surface area (Å²) in [6, 6.07) is 7.17. The van der Waals surface area contributed by atoms with E-state index in [9.17, 15) is 13.5 Å². The first-order valence-corrected chi connectivity index (χ1v) is 9.46. The quantitative estimate of drug-likeness (QED) is 0.895. The normalized spacial score (nSPS) is 26.7. The summed E-state index contributed by atoms with van der Waals surface area (Å²) in [5.41, 5.74) is 1.95. The van der Waals surface area contributed by atoms with Gasteiger partial charge in [-0.25, -0.2) is 13.1 Å². The number of hydrogen-bond donors (Lipinski definition) is 2. The molecule has 1 aromatic carbocycles. The van der Waals surface area contributed by atoms with Crippen LogP contribution >= 0.6 is 0 Å². The van der Waals surface area contributed by atoms with Crippen LogP contribution in [-0.4, -0.2) is 25.4 Å². The molecule has 0 saturated heterocycles. The van der Waals surface area contributed by atoms with E-state index < -0.39 is 22.2 Å². The van der Waals surface area contributed by atoms with Crippen molar-refractivity contribution in [2.75, 3.05) is 5.75 Å². The van der Waals surface area contributed by atoms with Gasteiger partial charge in [0.2, 0.25) is 10.0 Å². The van der Waals surface area contributed by atoms with E-state index in [1.165, 1.54) is 6.42 Å². The van der Waals surface area contributed by atoms with E-state index in [2.05, 4.69) is 4.72 Å². The third-order valence-electron chi connectivity index (χ3n) is 4.69. The van der Waals surface area contributed by atoms with E-state index in [1.807, 2.05) is 24.3 Å². The van der Waals surface area contributed by atoms with Crippen LogP contribution in [0.3, 0.4) is 0 Å². The van der Waals surface area contributed by atoms with Crippen LogP contribution in [0.1, 0.15) is 49.3 Å². The number of nitrogens with one attached hydrogen (secondary N) is 1. The molecule has 0 heterocycles. The Labute approximate surface area is 126 Å². The van der Waals surface area contributed by atoms with Gasteiger partial charge in [-0.05, 0) is 29.9 Å². The Hall–Kier alpha value is -0.910. The predicted molar refractivity (Wildman–Crippen MR) is 82.4 cm³/mol. The summed E-state index contributed by atoms with van der Waals surface area (Å²) in [6.07, 6.45) is 5.36. The number of benzene rings is 1. The van der Waals surface area contributed by atoms with Crippen LogP contribution in [0.2, 0.25) is 0 Å². The fraction of sp³-hybridized carbons (Fsp3) is 0.625. The van der Waals surface area contributed by atoms with Gasteiger partial charge in [-0.1, -0.05) is 43.5 Å². The van der Waals surface area contributed by atoms with Crippen LogP contribution in [-0.2, 0) is 16.4 Å². The third-order valence-corrected chi connectivity index (χ3v) is 6.21. The van der Waals surface area contributed by atoms with Crippen molar-refractivity contribution >= 4 is 10.0 Å². The molecule has 1 fully saturated rings. The van der Waals surface area contributed by atoms with Crippen LogP contribution in [0.5, 0.6) is 0 Å². The van der Waals surface area contributed by atoms with Gasteiger partial charge in [-0.3, -0.25) is 0 Å². The molecule has 0 spiro atoms. The minimum absolute atomic E-state index is 0.193. The molecule has 0 amide bonds. The van der Waals surface area contributed by atoms with Crippen molar-refractivity contribution in [3.05, 3.63) is 35.4 Å². The first-order valence-electron chi connectivity index (χ1n) is 7.81. The van der Waals surface area contributed by atoms with Crippen molar-refractivity contribution in [3.8, 4) is 0 Å². The zero-order valence-electron chi connectivity index (χ0n) is 12.2. The van der Waals surface area contributed by atoms with Crippen LogP contribution in [0.15, 0.2) is 24.3 Å². The van der Waals surface area contributed by atoms with Gasteiger partial charge in [0.25, 0.3) is 0 Å². The zero-order chi connectivity index (χ0) is 14.9. The average molecular weight is 309 g/mol. The Morgan fingerprint density at radius 1 is 1.14 bits per heavy atom. The number of rotatable bonds is 4. The minimum Gasteiger partial charge on any atom is -0.391 e. The van der Waals surface area contributed by atoms with Crippen molar-refractivity contribution in [1.29, 1.82) is 0 Å². The molecule has 2 aliphatic carbocycles. The molecule has 5 heteroatoms. The summed E-state index contributed by atoms with van der Waals surface area (Å²) < 4.78 is 27.5. The highest BCUT2D eigenvalue weighted by molar-refractivity contribution is 7.89. The van der Waals surface area contributed by atoms with Crippen LogP contribution < -0.4 is 4.72 Å². The van der Waals surface area contributed by atoms with E-state index in [1.54, 1.807) is 0 Å². The summed E-state index contributed by atoms with van der Waals surface area (Å²) in [4.78, 5) is 0. The molecule has 2 N–H and O–H groups in total.